The zero-order valence-electron chi connectivity index (χ0n) is 6.77. The molecule has 3 heteroatoms. The van der Waals surface area contributed by atoms with Crippen molar-refractivity contribution in [1.29, 1.82) is 0 Å². The lowest BCUT2D eigenvalue weighted by Crippen LogP contribution is -2.44. The largest absolute Gasteiger partial charge is 0.393 e. The number of nitrogens with zero attached hydrogens (tertiary/aromatic N) is 1. The molecule has 11 heavy (non-hydrogen) atoms. The molecule has 0 amide bonds. The summed E-state index contributed by atoms with van der Waals surface area (Å²) in [6.45, 7) is 0. The van der Waals surface area contributed by atoms with Gasteiger partial charge in [0.25, 0.3) is 0 Å². The number of aliphatic hydroxyl groups is 2. The predicted octanol–water partition coefficient (Wildman–Crippen LogP) is -0.425. The van der Waals surface area contributed by atoms with Crippen LogP contribution in [0.2, 0.25) is 0 Å². The van der Waals surface area contributed by atoms with Crippen LogP contribution in [0.25, 0.3) is 0 Å². The van der Waals surface area contributed by atoms with Gasteiger partial charge >= 0.3 is 0 Å². The summed E-state index contributed by atoms with van der Waals surface area (Å²) in [5.41, 5.74) is 0. The summed E-state index contributed by atoms with van der Waals surface area (Å²) in [6, 6.07) is 0.627. The number of hydrogen-bond acceptors (Lipinski definition) is 3. The lowest BCUT2D eigenvalue weighted by Gasteiger charge is -2.34. The van der Waals surface area contributed by atoms with Crippen LogP contribution in [0, 0.1) is 0 Å². The van der Waals surface area contributed by atoms with Crippen molar-refractivity contribution in [1.82, 2.24) is 4.90 Å². The molecule has 0 aromatic rings. The van der Waals surface area contributed by atoms with E-state index in [0.29, 0.717) is 6.04 Å². The minimum Gasteiger partial charge on any atom is -0.393 e. The topological polar surface area (TPSA) is 43.7 Å². The molecule has 3 nitrogen and oxygen atoms in total. The Morgan fingerprint density at radius 2 is 1.91 bits per heavy atom. The summed E-state index contributed by atoms with van der Waals surface area (Å²) < 4.78 is 0. The molecule has 2 N–H and O–H groups in total. The number of likely N-dealkylation sites (N-methyl/N-ethyl adjacent to an activating group) is 1. The number of rotatable bonds is 0. The van der Waals surface area contributed by atoms with Gasteiger partial charge in [-0.1, -0.05) is 0 Å². The van der Waals surface area contributed by atoms with Gasteiger partial charge in [0.05, 0.1) is 12.2 Å². The van der Waals surface area contributed by atoms with E-state index in [2.05, 4.69) is 4.90 Å². The third-order valence-electron chi connectivity index (χ3n) is 3.11. The van der Waals surface area contributed by atoms with Crippen molar-refractivity contribution in [2.24, 2.45) is 0 Å². The van der Waals surface area contributed by atoms with Crippen LogP contribution in [0.5, 0.6) is 0 Å². The zero-order chi connectivity index (χ0) is 8.01. The maximum atomic E-state index is 9.53. The summed E-state index contributed by atoms with van der Waals surface area (Å²) in [5.74, 6) is 0. The Morgan fingerprint density at radius 3 is 2.55 bits per heavy atom. The van der Waals surface area contributed by atoms with Gasteiger partial charge in [0.1, 0.15) is 0 Å². The first kappa shape index (κ1) is 7.53. The minimum absolute atomic E-state index is 0.182. The minimum atomic E-state index is -0.206. The number of hydrogen-bond donors (Lipinski definition) is 2. The molecule has 2 aliphatic heterocycles. The van der Waals surface area contributed by atoms with Gasteiger partial charge in [-0.05, 0) is 26.3 Å². The van der Waals surface area contributed by atoms with E-state index >= 15 is 0 Å². The van der Waals surface area contributed by atoms with Gasteiger partial charge in [0, 0.05) is 12.1 Å². The van der Waals surface area contributed by atoms with Gasteiger partial charge in [0.2, 0.25) is 0 Å². The quantitative estimate of drug-likeness (QED) is 0.501. The van der Waals surface area contributed by atoms with Crippen molar-refractivity contribution < 1.29 is 10.2 Å². The predicted molar refractivity (Wildman–Crippen MR) is 41.2 cm³/mol. The van der Waals surface area contributed by atoms with Gasteiger partial charge in [-0.15, -0.1) is 0 Å². The van der Waals surface area contributed by atoms with E-state index < -0.39 is 0 Å². The van der Waals surface area contributed by atoms with Crippen LogP contribution < -0.4 is 0 Å². The molecule has 2 bridgehead atoms. The Kier molecular flexibility index (Phi) is 1.67. The normalized spacial score (nSPS) is 51.5. The van der Waals surface area contributed by atoms with Crippen LogP contribution in [0.4, 0.5) is 0 Å². The van der Waals surface area contributed by atoms with Crippen LogP contribution in [0.1, 0.15) is 19.3 Å². The first-order chi connectivity index (χ1) is 5.18. The SMILES string of the molecule is CN1C2CC(O)CC1[C@@H](O)C2. The van der Waals surface area contributed by atoms with Gasteiger partial charge in [0.15, 0.2) is 0 Å². The molecule has 0 saturated carbocycles. The fourth-order valence-electron chi connectivity index (χ4n) is 2.42. The second kappa shape index (κ2) is 2.44. The molecule has 2 aliphatic rings. The van der Waals surface area contributed by atoms with E-state index in [-0.39, 0.29) is 18.2 Å². The number of piperidine rings is 1. The zero-order valence-corrected chi connectivity index (χ0v) is 6.77. The Morgan fingerprint density at radius 1 is 1.18 bits per heavy atom. The van der Waals surface area contributed by atoms with Gasteiger partial charge in [-0.3, -0.25) is 4.90 Å². The van der Waals surface area contributed by atoms with Crippen molar-refractivity contribution in [2.75, 3.05) is 7.05 Å². The molecule has 0 spiro atoms. The smallest absolute Gasteiger partial charge is 0.0711 e. The average molecular weight is 157 g/mol. The van der Waals surface area contributed by atoms with Crippen LogP contribution in [-0.2, 0) is 0 Å². The van der Waals surface area contributed by atoms with Crippen LogP contribution in [0.3, 0.4) is 0 Å². The molecule has 0 aromatic heterocycles. The number of aliphatic hydroxyl groups excluding tert-OH is 2. The third kappa shape index (κ3) is 1.08. The van der Waals surface area contributed by atoms with Crippen molar-refractivity contribution in [2.45, 2.75) is 43.6 Å². The van der Waals surface area contributed by atoms with Crippen molar-refractivity contribution in [3.63, 3.8) is 0 Å². The maximum Gasteiger partial charge on any atom is 0.0711 e. The first-order valence-corrected chi connectivity index (χ1v) is 4.26. The highest BCUT2D eigenvalue weighted by Crippen LogP contribution is 2.34. The maximum absolute atomic E-state index is 9.53. The summed E-state index contributed by atoms with van der Waals surface area (Å²) in [5, 5.41) is 18.9. The molecule has 2 heterocycles. The van der Waals surface area contributed by atoms with E-state index in [1.54, 1.807) is 0 Å². The van der Waals surface area contributed by atoms with Gasteiger partial charge < -0.3 is 10.2 Å². The van der Waals surface area contributed by atoms with Crippen LogP contribution >= 0.6 is 0 Å². The molecular weight excluding hydrogens is 142 g/mol. The lowest BCUT2D eigenvalue weighted by molar-refractivity contribution is 0.0282. The Labute approximate surface area is 66.6 Å². The monoisotopic (exact) mass is 157 g/mol. The second-order valence-corrected chi connectivity index (χ2v) is 3.81. The van der Waals surface area contributed by atoms with E-state index in [9.17, 15) is 10.2 Å². The Hall–Kier alpha value is -0.120. The van der Waals surface area contributed by atoms with Gasteiger partial charge in [-0.25, -0.2) is 0 Å². The van der Waals surface area contributed by atoms with E-state index in [0.717, 1.165) is 19.3 Å². The van der Waals surface area contributed by atoms with Crippen LogP contribution in [-0.4, -0.2) is 46.5 Å². The Balaban J connectivity index is 2.14. The summed E-state index contributed by atoms with van der Waals surface area (Å²) in [4.78, 5) is 2.21. The first-order valence-electron chi connectivity index (χ1n) is 4.26. The molecular formula is C8H15NO2. The standard InChI is InChI=1S/C8H15NO2/c1-9-5-2-6(10)4-7(9)8(11)3-5/h5-8,10-11H,2-4H2,1H3/t5?,6?,7?,8-/m0/s1. The van der Waals surface area contributed by atoms with Crippen LogP contribution in [0.15, 0.2) is 0 Å². The molecule has 0 aromatic carbocycles. The highest BCUT2D eigenvalue weighted by Gasteiger charge is 2.43. The second-order valence-electron chi connectivity index (χ2n) is 3.81. The van der Waals surface area contributed by atoms with Crippen molar-refractivity contribution >= 4 is 0 Å². The van der Waals surface area contributed by atoms with E-state index in [1.165, 1.54) is 0 Å². The third-order valence-corrected chi connectivity index (χ3v) is 3.11. The van der Waals surface area contributed by atoms with E-state index in [4.69, 9.17) is 0 Å². The fraction of sp³-hybridized carbons (Fsp3) is 1.00. The average Bonchev–Trinajstić information content (AvgIpc) is 2.17. The summed E-state index contributed by atoms with van der Waals surface area (Å²) in [6.07, 6.45) is 2.04. The molecule has 2 rings (SSSR count). The molecule has 2 saturated heterocycles. The highest BCUT2D eigenvalue weighted by molar-refractivity contribution is 4.98. The Bertz CT molecular complexity index is 160. The fourth-order valence-corrected chi connectivity index (χ4v) is 2.42. The molecule has 3 unspecified atom stereocenters. The molecule has 0 radical (unpaired) electrons. The van der Waals surface area contributed by atoms with E-state index in [1.807, 2.05) is 7.05 Å². The molecule has 2 fully saturated rings. The lowest BCUT2D eigenvalue weighted by atomic mass is 10.0. The van der Waals surface area contributed by atoms with Crippen molar-refractivity contribution in [3.05, 3.63) is 0 Å². The molecule has 64 valence electrons. The highest BCUT2D eigenvalue weighted by atomic mass is 16.3. The number of fused-ring (bicyclic) bond motifs is 2. The summed E-state index contributed by atoms with van der Waals surface area (Å²) >= 11 is 0. The van der Waals surface area contributed by atoms with Gasteiger partial charge in [-0.2, -0.15) is 0 Å². The molecule has 4 atom stereocenters. The summed E-state index contributed by atoms with van der Waals surface area (Å²) in [7, 11) is 2.04. The van der Waals surface area contributed by atoms with Crippen molar-refractivity contribution in [3.8, 4) is 0 Å². The molecule has 0 aliphatic carbocycles.